The third-order valence-corrected chi connectivity index (χ3v) is 11.3. The molecule has 0 aromatic rings. The Hall–Kier alpha value is -1.17. The van der Waals surface area contributed by atoms with Gasteiger partial charge in [0.1, 0.15) is 6.10 Å². The van der Waals surface area contributed by atoms with Gasteiger partial charge in [0.05, 0.1) is 18.8 Å². The molecule has 0 aromatic heterocycles. The van der Waals surface area contributed by atoms with Gasteiger partial charge in [-0.2, -0.15) is 0 Å². The van der Waals surface area contributed by atoms with Crippen molar-refractivity contribution in [3.63, 3.8) is 0 Å². The summed E-state index contributed by atoms with van der Waals surface area (Å²) in [7, 11) is 0. The van der Waals surface area contributed by atoms with E-state index in [1.165, 1.54) is 205 Å². The number of carbonyl (C=O) groups is 1. The highest BCUT2D eigenvalue weighted by molar-refractivity contribution is 5.80. The van der Waals surface area contributed by atoms with Gasteiger partial charge in [0.2, 0.25) is 5.91 Å². The van der Waals surface area contributed by atoms with E-state index in [1.54, 1.807) is 6.08 Å². The Morgan fingerprint density at radius 1 is 0.444 bits per heavy atom. The molecule has 0 aromatic carbocycles. The van der Waals surface area contributed by atoms with E-state index in [9.17, 15) is 20.1 Å². The van der Waals surface area contributed by atoms with Crippen molar-refractivity contribution in [1.82, 2.24) is 5.32 Å². The lowest BCUT2D eigenvalue weighted by Gasteiger charge is -2.21. The summed E-state index contributed by atoms with van der Waals surface area (Å²) in [5, 5.41) is 33.2. The van der Waals surface area contributed by atoms with Crippen LogP contribution in [0, 0.1) is 0 Å². The van der Waals surface area contributed by atoms with Crippen LogP contribution in [0.4, 0.5) is 0 Å². The highest BCUT2D eigenvalue weighted by atomic mass is 16.3. The molecule has 5 heteroatoms. The molecule has 0 radical (unpaired) electrons. The van der Waals surface area contributed by atoms with Crippen molar-refractivity contribution in [3.8, 4) is 0 Å². The zero-order chi connectivity index (χ0) is 39.4. The summed E-state index contributed by atoms with van der Waals surface area (Å²) < 4.78 is 0. The fourth-order valence-electron chi connectivity index (χ4n) is 7.47. The lowest BCUT2D eigenvalue weighted by molar-refractivity contribution is -0.131. The Morgan fingerprint density at radius 3 is 1.07 bits per heavy atom. The summed E-state index contributed by atoms with van der Waals surface area (Å²) in [6.07, 6.45) is 55.0. The number of unbranched alkanes of at least 4 members (excludes halogenated alkanes) is 34. The maximum Gasteiger partial charge on any atom is 0.249 e. The van der Waals surface area contributed by atoms with Crippen LogP contribution in [0.25, 0.3) is 0 Å². The lowest BCUT2D eigenvalue weighted by atomic mass is 10.0. The van der Waals surface area contributed by atoms with Crippen LogP contribution in [0.5, 0.6) is 0 Å². The van der Waals surface area contributed by atoms with E-state index in [0.717, 1.165) is 32.1 Å². The van der Waals surface area contributed by atoms with Gasteiger partial charge in [-0.3, -0.25) is 4.79 Å². The summed E-state index contributed by atoms with van der Waals surface area (Å²) in [6.45, 7) is 4.20. The molecule has 5 nitrogen and oxygen atoms in total. The number of rotatable bonds is 44. The number of hydrogen-bond acceptors (Lipinski definition) is 4. The molecule has 1 amide bonds. The van der Waals surface area contributed by atoms with E-state index in [1.807, 2.05) is 6.08 Å². The van der Waals surface area contributed by atoms with Crippen LogP contribution < -0.4 is 5.32 Å². The standard InChI is InChI=1S/C49H95NO4/c1-3-5-7-9-11-13-15-17-19-21-23-25-27-29-31-33-35-37-39-41-43-47(52)46(45-51)50-49(54)48(53)44-42-40-38-36-34-32-30-28-26-24-22-20-18-16-14-12-10-8-6-4-2/h26,28,41,43,46-48,51-53H,3-25,27,29-40,42,44-45H2,1-2H3,(H,50,54)/b28-26-,43-41+. The largest absolute Gasteiger partial charge is 0.394 e. The van der Waals surface area contributed by atoms with E-state index in [0.29, 0.717) is 6.42 Å². The van der Waals surface area contributed by atoms with Crippen molar-refractivity contribution in [2.75, 3.05) is 6.61 Å². The molecule has 0 saturated carbocycles. The SMILES string of the molecule is CCCCCCCCCCCC/C=C\CCCCCCCCC(O)C(=O)NC(CO)C(O)/C=C/CCCCCCCCCCCCCCCCCCCC. The highest BCUT2D eigenvalue weighted by Crippen LogP contribution is 2.16. The molecule has 0 fully saturated rings. The van der Waals surface area contributed by atoms with Crippen LogP contribution in [0.2, 0.25) is 0 Å². The fourth-order valence-corrected chi connectivity index (χ4v) is 7.47. The number of carbonyl (C=O) groups excluding carboxylic acids is 1. The fraction of sp³-hybridized carbons (Fsp3) is 0.898. The Labute approximate surface area is 337 Å². The maximum atomic E-state index is 12.5. The van der Waals surface area contributed by atoms with E-state index >= 15 is 0 Å². The Bertz CT molecular complexity index is 799. The molecule has 0 saturated heterocycles. The van der Waals surface area contributed by atoms with Gasteiger partial charge in [-0.1, -0.05) is 237 Å². The molecule has 4 N–H and O–H groups in total. The first-order chi connectivity index (χ1) is 26.6. The molecule has 0 aliphatic heterocycles. The predicted octanol–water partition coefficient (Wildman–Crippen LogP) is 14.2. The summed E-state index contributed by atoms with van der Waals surface area (Å²) in [4.78, 5) is 12.5. The third kappa shape index (κ3) is 39.1. The van der Waals surface area contributed by atoms with Gasteiger partial charge in [-0.15, -0.1) is 0 Å². The van der Waals surface area contributed by atoms with Crippen LogP contribution in [0.1, 0.15) is 258 Å². The van der Waals surface area contributed by atoms with Crippen LogP contribution in [0.15, 0.2) is 24.3 Å². The van der Waals surface area contributed by atoms with Crippen LogP contribution in [-0.4, -0.2) is 46.1 Å². The second-order valence-corrected chi connectivity index (χ2v) is 16.7. The van der Waals surface area contributed by atoms with Gasteiger partial charge in [0.25, 0.3) is 0 Å². The molecule has 0 heterocycles. The number of hydrogen-bond donors (Lipinski definition) is 4. The minimum Gasteiger partial charge on any atom is -0.394 e. The molecule has 320 valence electrons. The topological polar surface area (TPSA) is 89.8 Å². The summed E-state index contributed by atoms with van der Waals surface area (Å²) in [5.74, 6) is -0.505. The van der Waals surface area contributed by atoms with Gasteiger partial charge in [-0.05, 0) is 44.9 Å². The number of amides is 1. The number of allylic oxidation sites excluding steroid dienone is 3. The highest BCUT2D eigenvalue weighted by Gasteiger charge is 2.22. The van der Waals surface area contributed by atoms with Crippen molar-refractivity contribution >= 4 is 5.91 Å². The molecule has 54 heavy (non-hydrogen) atoms. The third-order valence-electron chi connectivity index (χ3n) is 11.3. The zero-order valence-corrected chi connectivity index (χ0v) is 36.4. The predicted molar refractivity (Wildman–Crippen MR) is 236 cm³/mol. The first-order valence-electron chi connectivity index (χ1n) is 24.2. The molecule has 0 aliphatic carbocycles. The van der Waals surface area contributed by atoms with Crippen LogP contribution in [-0.2, 0) is 4.79 Å². The maximum absolute atomic E-state index is 12.5. The Kier molecular flexibility index (Phi) is 43.6. The van der Waals surface area contributed by atoms with E-state index in [2.05, 4.69) is 31.3 Å². The van der Waals surface area contributed by atoms with Crippen molar-refractivity contribution in [2.45, 2.75) is 276 Å². The molecule has 0 bridgehead atoms. The van der Waals surface area contributed by atoms with Crippen molar-refractivity contribution < 1.29 is 20.1 Å². The van der Waals surface area contributed by atoms with Gasteiger partial charge < -0.3 is 20.6 Å². The zero-order valence-electron chi connectivity index (χ0n) is 36.4. The minimum atomic E-state index is -1.10. The summed E-state index contributed by atoms with van der Waals surface area (Å²) in [6, 6.07) is -0.798. The summed E-state index contributed by atoms with van der Waals surface area (Å²) in [5.41, 5.74) is 0. The Balaban J connectivity index is 3.64. The van der Waals surface area contributed by atoms with Crippen molar-refractivity contribution in [3.05, 3.63) is 24.3 Å². The molecule has 0 aliphatic rings. The monoisotopic (exact) mass is 762 g/mol. The van der Waals surface area contributed by atoms with Gasteiger partial charge in [-0.25, -0.2) is 0 Å². The van der Waals surface area contributed by atoms with E-state index in [-0.39, 0.29) is 6.61 Å². The molecule has 3 unspecified atom stereocenters. The van der Waals surface area contributed by atoms with E-state index < -0.39 is 24.2 Å². The normalized spacial score (nSPS) is 13.6. The molecule has 0 spiro atoms. The first-order valence-corrected chi connectivity index (χ1v) is 24.2. The molecular weight excluding hydrogens is 667 g/mol. The molecular formula is C49H95NO4. The van der Waals surface area contributed by atoms with Crippen LogP contribution >= 0.6 is 0 Å². The minimum absolute atomic E-state index is 0.363. The quantitative estimate of drug-likeness (QED) is 0.0368. The van der Waals surface area contributed by atoms with Gasteiger partial charge in [0, 0.05) is 0 Å². The molecule has 3 atom stereocenters. The lowest BCUT2D eigenvalue weighted by Crippen LogP contribution is -2.48. The average molecular weight is 762 g/mol. The smallest absolute Gasteiger partial charge is 0.249 e. The van der Waals surface area contributed by atoms with E-state index in [4.69, 9.17) is 0 Å². The van der Waals surface area contributed by atoms with Gasteiger partial charge >= 0.3 is 0 Å². The average Bonchev–Trinajstić information content (AvgIpc) is 3.18. The first kappa shape index (κ1) is 52.8. The van der Waals surface area contributed by atoms with Crippen molar-refractivity contribution in [2.24, 2.45) is 0 Å². The number of nitrogens with one attached hydrogen (secondary N) is 1. The van der Waals surface area contributed by atoms with Gasteiger partial charge in [0.15, 0.2) is 0 Å². The van der Waals surface area contributed by atoms with Crippen molar-refractivity contribution in [1.29, 1.82) is 0 Å². The molecule has 0 rings (SSSR count). The second-order valence-electron chi connectivity index (χ2n) is 16.7. The number of aliphatic hydroxyl groups is 3. The summed E-state index contributed by atoms with van der Waals surface area (Å²) >= 11 is 0. The Morgan fingerprint density at radius 2 is 0.741 bits per heavy atom. The number of aliphatic hydroxyl groups excluding tert-OH is 3. The van der Waals surface area contributed by atoms with Crippen LogP contribution in [0.3, 0.4) is 0 Å². The second kappa shape index (κ2) is 44.5.